The quantitative estimate of drug-likeness (QED) is 0.248. The normalized spacial score (nSPS) is 26.4. The molecule has 5 rings (SSSR count). The fourth-order valence-corrected chi connectivity index (χ4v) is 8.99. The van der Waals surface area contributed by atoms with Crippen molar-refractivity contribution in [2.75, 3.05) is 39.3 Å². The molecule has 0 aromatic heterocycles. The predicted octanol–water partition coefficient (Wildman–Crippen LogP) is 6.27. The minimum atomic E-state index is 0.323. The summed E-state index contributed by atoms with van der Waals surface area (Å²) in [6, 6.07) is 9.52. The van der Waals surface area contributed by atoms with Crippen LogP contribution in [-0.4, -0.2) is 98.4 Å². The molecular weight excluding hydrogens is 571 g/mol. The Labute approximate surface area is 272 Å². The second-order valence-corrected chi connectivity index (χ2v) is 15.6. The van der Waals surface area contributed by atoms with Gasteiger partial charge in [0, 0.05) is 50.8 Å². The van der Waals surface area contributed by atoms with Gasteiger partial charge in [-0.1, -0.05) is 59.1 Å². The topological polar surface area (TPSA) is 45.2 Å². The lowest BCUT2D eigenvalue weighted by Gasteiger charge is -2.38. The second kappa shape index (κ2) is 15.1. The summed E-state index contributed by atoms with van der Waals surface area (Å²) in [7, 11) is 0. The first-order chi connectivity index (χ1) is 20.7. The number of thiocarbonyl (C=S) groups is 2. The Kier molecular flexibility index (Phi) is 11.5. The zero-order valence-electron chi connectivity index (χ0n) is 27.2. The van der Waals surface area contributed by atoms with Crippen molar-refractivity contribution >= 4 is 34.7 Å². The van der Waals surface area contributed by atoms with E-state index in [1.807, 2.05) is 12.1 Å². The third-order valence-corrected chi connectivity index (χ3v) is 11.2. The van der Waals surface area contributed by atoms with E-state index >= 15 is 0 Å². The highest BCUT2D eigenvalue weighted by Crippen LogP contribution is 2.32. The molecule has 1 aromatic rings. The highest BCUT2D eigenvalue weighted by molar-refractivity contribution is 7.80. The van der Waals surface area contributed by atoms with E-state index < -0.39 is 0 Å². The summed E-state index contributed by atoms with van der Waals surface area (Å²) >= 11 is 12.2. The summed E-state index contributed by atoms with van der Waals surface area (Å²) in [6.45, 7) is 15.9. The molecule has 2 N–H and O–H groups in total. The third kappa shape index (κ3) is 8.55. The van der Waals surface area contributed by atoms with Crippen LogP contribution in [0.2, 0.25) is 0 Å². The third-order valence-electron chi connectivity index (χ3n) is 10.4. The van der Waals surface area contributed by atoms with Crippen LogP contribution in [0.3, 0.4) is 0 Å². The first-order valence-corrected chi connectivity index (χ1v) is 18.1. The number of aromatic hydroxyl groups is 1. The van der Waals surface area contributed by atoms with E-state index in [2.05, 4.69) is 52.6 Å². The summed E-state index contributed by atoms with van der Waals surface area (Å²) in [6.07, 6.45) is 12.8. The van der Waals surface area contributed by atoms with Crippen LogP contribution in [-0.2, 0) is 6.42 Å². The van der Waals surface area contributed by atoms with Gasteiger partial charge in [0.25, 0.3) is 0 Å². The van der Waals surface area contributed by atoms with Crippen LogP contribution in [0.5, 0.6) is 5.75 Å². The maximum atomic E-state index is 9.73. The molecule has 240 valence electrons. The average Bonchev–Trinajstić information content (AvgIpc) is 3.64. The number of phenolic OH excluding ortho intramolecular Hbond substituents is 1. The van der Waals surface area contributed by atoms with Gasteiger partial charge in [0.05, 0.1) is 6.04 Å². The summed E-state index contributed by atoms with van der Waals surface area (Å²) < 4.78 is 0. The van der Waals surface area contributed by atoms with Gasteiger partial charge in [-0.25, -0.2) is 0 Å². The van der Waals surface area contributed by atoms with E-state index in [0.29, 0.717) is 41.8 Å². The molecule has 4 aliphatic rings. The summed E-state index contributed by atoms with van der Waals surface area (Å²) in [4.78, 5) is 10.6. The maximum Gasteiger partial charge on any atom is 0.172 e. The van der Waals surface area contributed by atoms with E-state index in [4.69, 9.17) is 24.4 Å². The van der Waals surface area contributed by atoms with E-state index in [-0.39, 0.29) is 0 Å². The molecule has 0 amide bonds. The first-order valence-electron chi connectivity index (χ1n) is 17.3. The van der Waals surface area contributed by atoms with Crippen LogP contribution in [0.15, 0.2) is 24.3 Å². The number of nitrogens with one attached hydrogen (secondary N) is 1. The van der Waals surface area contributed by atoms with Gasteiger partial charge < -0.3 is 25.1 Å². The fourth-order valence-electron chi connectivity index (χ4n) is 8.24. The fraction of sp³-hybridized carbons (Fsp3) is 0.771. The van der Waals surface area contributed by atoms with Gasteiger partial charge in [-0.05, 0) is 111 Å². The molecule has 1 aromatic carbocycles. The number of rotatable bonds is 13. The van der Waals surface area contributed by atoms with Crippen molar-refractivity contribution in [3.8, 4) is 5.75 Å². The number of likely N-dealkylation sites (tertiary alicyclic amines) is 1. The molecule has 1 saturated carbocycles. The van der Waals surface area contributed by atoms with Gasteiger partial charge >= 0.3 is 0 Å². The highest BCUT2D eigenvalue weighted by Gasteiger charge is 2.41. The lowest BCUT2D eigenvalue weighted by atomic mass is 9.88. The Hall–Kier alpha value is -1.64. The number of benzene rings is 1. The molecule has 4 fully saturated rings. The zero-order valence-corrected chi connectivity index (χ0v) is 28.9. The lowest BCUT2D eigenvalue weighted by Crippen LogP contribution is -2.51. The number of nitrogens with zero attached hydrogens (tertiary/aromatic N) is 4. The largest absolute Gasteiger partial charge is 0.508 e. The first kappa shape index (κ1) is 32.7. The monoisotopic (exact) mass is 627 g/mol. The molecule has 8 heteroatoms. The molecule has 3 heterocycles. The minimum absolute atomic E-state index is 0.323. The van der Waals surface area contributed by atoms with Gasteiger partial charge in [-0.15, -0.1) is 0 Å². The molecule has 0 spiro atoms. The lowest BCUT2D eigenvalue weighted by molar-refractivity contribution is 0.148. The Balaban J connectivity index is 1.26. The van der Waals surface area contributed by atoms with Crippen LogP contribution in [0.1, 0.15) is 91.0 Å². The predicted molar refractivity (Wildman–Crippen MR) is 187 cm³/mol. The number of phenols is 1. The Morgan fingerprint density at radius 2 is 1.60 bits per heavy atom. The van der Waals surface area contributed by atoms with Crippen LogP contribution >= 0.6 is 24.4 Å². The molecule has 3 saturated heterocycles. The highest BCUT2D eigenvalue weighted by atomic mass is 32.1. The van der Waals surface area contributed by atoms with E-state index in [1.54, 1.807) is 12.1 Å². The molecule has 0 radical (unpaired) electrons. The Morgan fingerprint density at radius 3 is 2.30 bits per heavy atom. The number of hydrogen-bond donors (Lipinski definition) is 2. The standard InChI is InChI=1S/C35H57N5OS2/c1-25(2)17-31(40-24-32(18-26(3)4)39(35(40)43)21-28-9-6-5-7-10-28)22-37-16-8-11-29(37)23-38-30(20-36-34(38)42)19-27-12-14-33(41)15-13-27/h12-15,25-26,28-32,41H,5-11,16-24H2,1-4H3,(H,36,42)/t29-,30+,31+,32+/m1/s1. The summed E-state index contributed by atoms with van der Waals surface area (Å²) in [5.41, 5.74) is 1.25. The van der Waals surface area contributed by atoms with Gasteiger partial charge in [-0.2, -0.15) is 0 Å². The average molecular weight is 628 g/mol. The van der Waals surface area contributed by atoms with Gasteiger partial charge in [0.15, 0.2) is 10.2 Å². The molecule has 0 unspecified atom stereocenters. The van der Waals surface area contributed by atoms with Crippen molar-refractivity contribution in [1.82, 2.24) is 24.9 Å². The van der Waals surface area contributed by atoms with Gasteiger partial charge in [0.1, 0.15) is 5.75 Å². The van der Waals surface area contributed by atoms with E-state index in [9.17, 15) is 5.11 Å². The SMILES string of the molecule is CC(C)C[C@H]1CN([C@@H](CC(C)C)CN2CCC[C@@H]2CN2C(=S)NC[C@@H]2Cc2ccc(O)cc2)C(=S)N1CC1CCCCC1. The molecule has 6 nitrogen and oxygen atoms in total. The minimum Gasteiger partial charge on any atom is -0.508 e. The molecule has 0 bridgehead atoms. The van der Waals surface area contributed by atoms with Crippen LogP contribution < -0.4 is 5.32 Å². The Bertz CT molecular complexity index is 1060. The summed E-state index contributed by atoms with van der Waals surface area (Å²) in [5, 5.41) is 15.2. The van der Waals surface area contributed by atoms with E-state index in [1.165, 1.54) is 63.4 Å². The molecule has 43 heavy (non-hydrogen) atoms. The molecule has 4 atom stereocenters. The van der Waals surface area contributed by atoms with Gasteiger partial charge in [0.2, 0.25) is 0 Å². The van der Waals surface area contributed by atoms with Crippen LogP contribution in [0, 0.1) is 17.8 Å². The Morgan fingerprint density at radius 1 is 0.860 bits per heavy atom. The number of hydrogen-bond acceptors (Lipinski definition) is 4. The second-order valence-electron chi connectivity index (χ2n) is 14.8. The molecule has 1 aliphatic carbocycles. The maximum absolute atomic E-state index is 9.73. The van der Waals surface area contributed by atoms with Crippen molar-refractivity contribution in [1.29, 1.82) is 0 Å². The smallest absolute Gasteiger partial charge is 0.172 e. The van der Waals surface area contributed by atoms with Crippen LogP contribution in [0.25, 0.3) is 0 Å². The zero-order chi connectivity index (χ0) is 30.5. The van der Waals surface area contributed by atoms with Gasteiger partial charge in [-0.3, -0.25) is 4.90 Å². The van der Waals surface area contributed by atoms with Crippen molar-refractivity contribution < 1.29 is 5.11 Å². The molecular formula is C35H57N5OS2. The van der Waals surface area contributed by atoms with Crippen molar-refractivity contribution in [2.24, 2.45) is 17.8 Å². The van der Waals surface area contributed by atoms with E-state index in [0.717, 1.165) is 61.8 Å². The van der Waals surface area contributed by atoms with Crippen LogP contribution in [0.4, 0.5) is 0 Å². The summed E-state index contributed by atoms with van der Waals surface area (Å²) in [5.74, 6) is 2.44. The van der Waals surface area contributed by atoms with Crippen molar-refractivity contribution in [3.63, 3.8) is 0 Å². The molecule has 3 aliphatic heterocycles. The van der Waals surface area contributed by atoms with Crippen molar-refractivity contribution in [3.05, 3.63) is 29.8 Å². The van der Waals surface area contributed by atoms with Crippen molar-refractivity contribution in [2.45, 2.75) is 116 Å².